The van der Waals surface area contributed by atoms with Crippen LogP contribution < -0.4 is 15.1 Å². The number of nitrogens with zero attached hydrogens (tertiary/aromatic N) is 3. The van der Waals surface area contributed by atoms with Gasteiger partial charge in [-0.15, -0.1) is 0 Å². The molecule has 0 aliphatic carbocycles. The molecule has 5 nitrogen and oxygen atoms in total. The molecule has 0 atom stereocenters. The summed E-state index contributed by atoms with van der Waals surface area (Å²) in [6.45, 7) is 7.98. The van der Waals surface area contributed by atoms with Gasteiger partial charge in [-0.2, -0.15) is 0 Å². The van der Waals surface area contributed by atoms with Crippen molar-refractivity contribution in [2.75, 3.05) is 48.3 Å². The molecule has 0 bridgehead atoms. The van der Waals surface area contributed by atoms with E-state index in [2.05, 4.69) is 28.2 Å². The van der Waals surface area contributed by atoms with E-state index in [1.165, 1.54) is 0 Å². The molecule has 0 radical (unpaired) electrons. The molecule has 0 saturated carbocycles. The fourth-order valence-electron chi connectivity index (χ4n) is 3.94. The van der Waals surface area contributed by atoms with Crippen molar-refractivity contribution < 1.29 is 4.79 Å². The van der Waals surface area contributed by atoms with Gasteiger partial charge in [0.05, 0.1) is 27.6 Å². The van der Waals surface area contributed by atoms with Crippen LogP contribution >= 0.6 is 11.6 Å². The van der Waals surface area contributed by atoms with Gasteiger partial charge in [0.25, 0.3) is 5.91 Å². The molecule has 1 N–H and O–H groups in total. The van der Waals surface area contributed by atoms with Crippen LogP contribution in [0.15, 0.2) is 42.5 Å². The monoisotopic (exact) mass is 384 g/mol. The van der Waals surface area contributed by atoms with Crippen LogP contribution in [0.5, 0.6) is 0 Å². The molecule has 1 fully saturated rings. The van der Waals surface area contributed by atoms with Crippen LogP contribution in [0.2, 0.25) is 5.02 Å². The largest absolute Gasteiger partial charge is 0.367 e. The van der Waals surface area contributed by atoms with Gasteiger partial charge in [0, 0.05) is 26.2 Å². The van der Waals surface area contributed by atoms with Gasteiger partial charge >= 0.3 is 0 Å². The molecule has 1 saturated heterocycles. The lowest BCUT2D eigenvalue weighted by Crippen LogP contribution is -2.57. The summed E-state index contributed by atoms with van der Waals surface area (Å²) in [5.74, 6) is -0.0298. The molecule has 27 heavy (non-hydrogen) atoms. The quantitative estimate of drug-likeness (QED) is 0.852. The van der Waals surface area contributed by atoms with Crippen LogP contribution in [0.4, 0.5) is 17.1 Å². The van der Waals surface area contributed by atoms with Crippen molar-refractivity contribution in [1.82, 2.24) is 4.90 Å². The number of para-hydroxylation sites is 2. The maximum atomic E-state index is 13.5. The van der Waals surface area contributed by atoms with E-state index < -0.39 is 5.66 Å². The van der Waals surface area contributed by atoms with E-state index in [4.69, 9.17) is 11.6 Å². The number of hydrogen-bond acceptors (Lipinski definition) is 4. The zero-order chi connectivity index (χ0) is 19.2. The van der Waals surface area contributed by atoms with Gasteiger partial charge in [0.2, 0.25) is 0 Å². The molecule has 142 valence electrons. The molecule has 6 heteroatoms. The zero-order valence-electron chi connectivity index (χ0n) is 16.0. The molecule has 0 unspecified atom stereocenters. The number of carbonyl (C=O) groups excluding carboxylic acids is 1. The van der Waals surface area contributed by atoms with Crippen LogP contribution in [0.1, 0.15) is 24.2 Å². The van der Waals surface area contributed by atoms with E-state index >= 15 is 0 Å². The Bertz CT molecular complexity index is 874. The van der Waals surface area contributed by atoms with Gasteiger partial charge < -0.3 is 15.1 Å². The highest BCUT2D eigenvalue weighted by Gasteiger charge is 2.41. The molecule has 2 aliphatic rings. The first-order chi connectivity index (χ1) is 12.9. The van der Waals surface area contributed by atoms with Crippen molar-refractivity contribution in [3.8, 4) is 0 Å². The smallest absolute Gasteiger partial charge is 0.262 e. The Morgan fingerprint density at radius 2 is 1.63 bits per heavy atom. The van der Waals surface area contributed by atoms with E-state index in [-0.39, 0.29) is 5.91 Å². The fraction of sp³-hybridized carbons (Fsp3) is 0.381. The molecule has 0 aromatic heterocycles. The molecule has 0 spiro atoms. The minimum absolute atomic E-state index is 0.0298. The zero-order valence-corrected chi connectivity index (χ0v) is 16.8. The van der Waals surface area contributed by atoms with Crippen molar-refractivity contribution >= 4 is 34.6 Å². The fourth-order valence-corrected chi connectivity index (χ4v) is 4.16. The van der Waals surface area contributed by atoms with E-state index in [0.717, 1.165) is 43.2 Å². The Hall–Kier alpha value is -2.24. The number of carbonyl (C=O) groups is 1. The second kappa shape index (κ2) is 6.73. The number of halogens is 1. The number of piperazine rings is 1. The Labute approximate surface area is 165 Å². The lowest BCUT2D eigenvalue weighted by Gasteiger charge is -2.46. The van der Waals surface area contributed by atoms with Crippen LogP contribution in [0.3, 0.4) is 0 Å². The lowest BCUT2D eigenvalue weighted by molar-refractivity contribution is 0.0961. The lowest BCUT2D eigenvalue weighted by atomic mass is 9.99. The van der Waals surface area contributed by atoms with Crippen molar-refractivity contribution in [2.24, 2.45) is 0 Å². The number of likely N-dealkylation sites (N-methyl/N-ethyl adjacent to an activating group) is 1. The maximum Gasteiger partial charge on any atom is 0.262 e. The third kappa shape index (κ3) is 3.15. The third-order valence-electron chi connectivity index (χ3n) is 5.40. The number of amides is 1. The molecule has 2 aromatic rings. The van der Waals surface area contributed by atoms with E-state index in [1.807, 2.05) is 50.2 Å². The first-order valence-electron chi connectivity index (χ1n) is 9.32. The number of fused-ring (bicyclic) bond motifs is 1. The third-order valence-corrected chi connectivity index (χ3v) is 5.72. The molecule has 2 aromatic carbocycles. The first-order valence-corrected chi connectivity index (χ1v) is 9.70. The van der Waals surface area contributed by atoms with Gasteiger partial charge in [-0.3, -0.25) is 9.69 Å². The summed E-state index contributed by atoms with van der Waals surface area (Å²) in [7, 11) is 2.14. The highest BCUT2D eigenvalue weighted by Crippen LogP contribution is 2.42. The van der Waals surface area contributed by atoms with Gasteiger partial charge in [0.15, 0.2) is 0 Å². The summed E-state index contributed by atoms with van der Waals surface area (Å²) >= 11 is 6.41. The van der Waals surface area contributed by atoms with Gasteiger partial charge in [-0.05, 0) is 45.2 Å². The van der Waals surface area contributed by atoms with E-state index in [1.54, 1.807) is 4.90 Å². The van der Waals surface area contributed by atoms with Crippen molar-refractivity contribution in [3.63, 3.8) is 0 Å². The van der Waals surface area contributed by atoms with E-state index in [0.29, 0.717) is 10.6 Å². The van der Waals surface area contributed by atoms with Gasteiger partial charge in [-0.25, -0.2) is 0 Å². The Kier molecular flexibility index (Phi) is 4.52. The predicted molar refractivity (Wildman–Crippen MR) is 112 cm³/mol. The second-order valence-electron chi connectivity index (χ2n) is 7.77. The minimum Gasteiger partial charge on any atom is -0.367 e. The molecule has 2 aliphatic heterocycles. The summed E-state index contributed by atoms with van der Waals surface area (Å²) in [5, 5.41) is 4.18. The normalized spacial score (nSPS) is 19.6. The number of hydrogen-bond donors (Lipinski definition) is 1. The predicted octanol–water partition coefficient (Wildman–Crippen LogP) is 3.90. The summed E-state index contributed by atoms with van der Waals surface area (Å²) in [5.41, 5.74) is 2.82. The Morgan fingerprint density at radius 3 is 2.33 bits per heavy atom. The van der Waals surface area contributed by atoms with Crippen LogP contribution in [0.25, 0.3) is 0 Å². The highest BCUT2D eigenvalue weighted by atomic mass is 35.5. The van der Waals surface area contributed by atoms with Crippen molar-refractivity contribution in [1.29, 1.82) is 0 Å². The summed E-state index contributed by atoms with van der Waals surface area (Å²) in [6, 6.07) is 13.4. The average Bonchev–Trinajstić information content (AvgIpc) is 2.63. The highest BCUT2D eigenvalue weighted by molar-refractivity contribution is 6.34. The molecular weight excluding hydrogens is 360 g/mol. The number of anilines is 3. The first kappa shape index (κ1) is 18.1. The number of benzene rings is 2. The van der Waals surface area contributed by atoms with Crippen LogP contribution in [-0.4, -0.2) is 49.7 Å². The van der Waals surface area contributed by atoms with Crippen LogP contribution in [-0.2, 0) is 0 Å². The SMILES string of the molecule is CN1CCN(c2cccc3c2NC(C)(C)N(c2ccccc2Cl)C3=O)CC1. The molecule has 1 amide bonds. The Balaban J connectivity index is 1.77. The summed E-state index contributed by atoms with van der Waals surface area (Å²) in [4.78, 5) is 19.9. The van der Waals surface area contributed by atoms with Gasteiger partial charge in [0.1, 0.15) is 5.66 Å². The maximum absolute atomic E-state index is 13.5. The summed E-state index contributed by atoms with van der Waals surface area (Å²) < 4.78 is 0. The Morgan fingerprint density at radius 1 is 0.963 bits per heavy atom. The molecule has 2 heterocycles. The molecule has 4 rings (SSSR count). The number of rotatable bonds is 2. The van der Waals surface area contributed by atoms with E-state index in [9.17, 15) is 4.79 Å². The minimum atomic E-state index is -0.599. The van der Waals surface area contributed by atoms with Crippen molar-refractivity contribution in [2.45, 2.75) is 19.5 Å². The average molecular weight is 385 g/mol. The summed E-state index contributed by atoms with van der Waals surface area (Å²) in [6.07, 6.45) is 0. The molecular formula is C21H25ClN4O. The van der Waals surface area contributed by atoms with Gasteiger partial charge in [-0.1, -0.05) is 29.8 Å². The second-order valence-corrected chi connectivity index (χ2v) is 8.17. The van der Waals surface area contributed by atoms with Crippen LogP contribution in [0, 0.1) is 0 Å². The standard InChI is InChI=1S/C21H25ClN4O/c1-21(2)23-19-15(20(27)26(21)17-9-5-4-8-16(17)22)7-6-10-18(19)25-13-11-24(3)12-14-25/h4-10,23H,11-14H2,1-3H3. The topological polar surface area (TPSA) is 38.8 Å². The van der Waals surface area contributed by atoms with Crippen molar-refractivity contribution in [3.05, 3.63) is 53.1 Å². The number of nitrogens with one attached hydrogen (secondary N) is 1.